The van der Waals surface area contributed by atoms with Crippen LogP contribution in [0.3, 0.4) is 0 Å². The molecule has 0 fully saturated rings. The summed E-state index contributed by atoms with van der Waals surface area (Å²) in [5.74, 6) is 0. The van der Waals surface area contributed by atoms with Gasteiger partial charge in [0.2, 0.25) is 0 Å². The third kappa shape index (κ3) is 7.93. The van der Waals surface area contributed by atoms with Crippen LogP contribution < -0.4 is 4.90 Å². The molecule has 4 nitrogen and oxygen atoms in total. The highest BCUT2D eigenvalue weighted by atomic mass is 15.1. The first-order valence-electron chi connectivity index (χ1n) is 34.2. The fraction of sp³-hybridized carbons (Fsp3) is 0.0968. The van der Waals surface area contributed by atoms with Crippen LogP contribution in [-0.2, 0) is 16.2 Å². The van der Waals surface area contributed by atoms with E-state index in [1.54, 1.807) is 0 Å². The molecule has 0 aliphatic heterocycles. The number of aromatic nitrogens is 3. The number of para-hydroxylation sites is 6. The lowest BCUT2D eigenvalue weighted by atomic mass is 9.81. The van der Waals surface area contributed by atoms with Crippen LogP contribution in [-0.4, -0.2) is 13.7 Å². The number of hydrogen-bond acceptors (Lipinski definition) is 1. The number of rotatable bonds is 8. The van der Waals surface area contributed by atoms with Crippen molar-refractivity contribution in [2.75, 3.05) is 4.90 Å². The van der Waals surface area contributed by atoms with E-state index in [9.17, 15) is 0 Å². The first-order chi connectivity index (χ1) is 47.4. The normalized spacial score (nSPS) is 14.3. The monoisotopic (exact) mass is 1240 g/mol. The van der Waals surface area contributed by atoms with Crippen LogP contribution >= 0.6 is 0 Å². The SMILES string of the molecule is CC1(C)c2cc(-c3ccc4c(c3)c3ccccc3n4-c3ccccc3)ccc2-c2ccc(N(c3ccc4c(c3)C(C)(C)c3cc(-c5ccc6c7ccccc7n(-c7ccccc7)c6c5)ccc3-4)c3ccc4c(c3)C(C)(C)c3cc(-n5c6ccccc6c6ccccc65)ccc3-4)cc21. The Morgan fingerprint density at radius 3 is 0.959 bits per heavy atom. The molecule has 0 saturated carbocycles. The van der Waals surface area contributed by atoms with Gasteiger partial charge in [0.1, 0.15) is 0 Å². The zero-order valence-corrected chi connectivity index (χ0v) is 55.2. The Balaban J connectivity index is 0.703. The van der Waals surface area contributed by atoms with Crippen molar-refractivity contribution in [3.63, 3.8) is 0 Å². The van der Waals surface area contributed by atoms with E-state index in [4.69, 9.17) is 0 Å². The Kier molecular flexibility index (Phi) is 11.6. The first kappa shape index (κ1) is 55.7. The van der Waals surface area contributed by atoms with Crippen LogP contribution in [0.1, 0.15) is 74.9 Å². The molecule has 0 unspecified atom stereocenters. The summed E-state index contributed by atoms with van der Waals surface area (Å²) in [5, 5.41) is 7.58. The van der Waals surface area contributed by atoms with Gasteiger partial charge < -0.3 is 18.6 Å². The van der Waals surface area contributed by atoms with Crippen LogP contribution in [0.4, 0.5) is 17.1 Å². The predicted molar refractivity (Wildman–Crippen MR) is 408 cm³/mol. The highest BCUT2D eigenvalue weighted by molar-refractivity contribution is 6.13. The molecular weight excluding hydrogens is 1170 g/mol. The molecule has 0 saturated heterocycles. The molecule has 3 aromatic heterocycles. The fourth-order valence-electron chi connectivity index (χ4n) is 17.7. The maximum absolute atomic E-state index is 2.56. The molecule has 0 radical (unpaired) electrons. The van der Waals surface area contributed by atoms with Gasteiger partial charge in [0.25, 0.3) is 0 Å². The van der Waals surface area contributed by atoms with Gasteiger partial charge in [0, 0.05) is 82.7 Å². The molecule has 0 spiro atoms. The van der Waals surface area contributed by atoms with Gasteiger partial charge in [-0.2, -0.15) is 0 Å². The van der Waals surface area contributed by atoms with Gasteiger partial charge in [0.15, 0.2) is 0 Å². The summed E-state index contributed by atoms with van der Waals surface area (Å²) < 4.78 is 7.28. The van der Waals surface area contributed by atoms with Gasteiger partial charge in [-0.1, -0.05) is 217 Å². The molecule has 0 N–H and O–H groups in total. The van der Waals surface area contributed by atoms with E-state index < -0.39 is 0 Å². The number of fused-ring (bicyclic) bond motifs is 18. The molecule has 460 valence electrons. The molecule has 3 aliphatic rings. The summed E-state index contributed by atoms with van der Waals surface area (Å²) in [6.45, 7) is 14.6. The maximum atomic E-state index is 2.56. The number of hydrogen-bond donors (Lipinski definition) is 0. The lowest BCUT2D eigenvalue weighted by molar-refractivity contribution is 0.659. The van der Waals surface area contributed by atoms with Crippen LogP contribution in [0.2, 0.25) is 0 Å². The Hall–Kier alpha value is -11.7. The van der Waals surface area contributed by atoms with Crippen molar-refractivity contribution in [2.24, 2.45) is 0 Å². The zero-order valence-electron chi connectivity index (χ0n) is 55.2. The lowest BCUT2D eigenvalue weighted by Crippen LogP contribution is -2.19. The third-order valence-electron chi connectivity index (χ3n) is 22.6. The third-order valence-corrected chi connectivity index (χ3v) is 22.6. The molecule has 0 atom stereocenters. The van der Waals surface area contributed by atoms with E-state index in [1.807, 2.05) is 0 Å². The van der Waals surface area contributed by atoms with Crippen LogP contribution in [0.5, 0.6) is 0 Å². The van der Waals surface area contributed by atoms with Gasteiger partial charge >= 0.3 is 0 Å². The summed E-state index contributed by atoms with van der Waals surface area (Å²) in [6.07, 6.45) is 0. The standard InChI is InChI=1S/C93H68N4/c1-91(2)79-50-58(57-36-48-89-78(49-57)76-28-16-20-32-88(76)95(89)61-21-9-7-10-22-61)33-41-67(79)69-44-37-63(53-81(69)91)94(65-39-46-71-72-47-40-66(56-84(72)93(5,6)83(71)55-65)97-86-30-18-13-25-73(86)74-26-14-19-31-87(74)97)64-38-45-70-68-42-34-59(51-80(68)92(3,4)82(70)54-64)60-35-43-77-75-27-15-17-29-85(75)96(90(77)52-60)62-23-11-8-12-24-62/h7-56H,1-6H3. The maximum Gasteiger partial charge on any atom is 0.0547 e. The number of benzene rings is 14. The van der Waals surface area contributed by atoms with E-state index in [0.29, 0.717) is 0 Å². The first-order valence-corrected chi connectivity index (χ1v) is 34.2. The molecule has 3 aliphatic carbocycles. The highest BCUT2D eigenvalue weighted by Crippen LogP contribution is 2.57. The van der Waals surface area contributed by atoms with Gasteiger partial charge in [-0.25, -0.2) is 0 Å². The van der Waals surface area contributed by atoms with Crippen LogP contribution in [0.25, 0.3) is 138 Å². The number of nitrogens with zero attached hydrogens (tertiary/aromatic N) is 4. The summed E-state index contributed by atoms with van der Waals surface area (Å²) in [6, 6.07) is 114. The minimum atomic E-state index is -0.302. The summed E-state index contributed by atoms with van der Waals surface area (Å²) in [7, 11) is 0. The lowest BCUT2D eigenvalue weighted by Gasteiger charge is -2.31. The van der Waals surface area contributed by atoms with Crippen molar-refractivity contribution in [1.29, 1.82) is 0 Å². The van der Waals surface area contributed by atoms with E-state index >= 15 is 0 Å². The second-order valence-corrected chi connectivity index (χ2v) is 28.9. The molecule has 0 bridgehead atoms. The van der Waals surface area contributed by atoms with E-state index in [0.717, 1.165) is 22.7 Å². The van der Waals surface area contributed by atoms with Crippen molar-refractivity contribution in [3.8, 4) is 72.7 Å². The molecule has 17 aromatic rings. The highest BCUT2D eigenvalue weighted by Gasteiger charge is 2.41. The molecule has 97 heavy (non-hydrogen) atoms. The topological polar surface area (TPSA) is 18.0 Å². The Morgan fingerprint density at radius 2 is 0.505 bits per heavy atom. The van der Waals surface area contributed by atoms with Crippen LogP contribution in [0.15, 0.2) is 303 Å². The summed E-state index contributed by atoms with van der Waals surface area (Å²) in [4.78, 5) is 2.56. The van der Waals surface area contributed by atoms with Gasteiger partial charge in [-0.3, -0.25) is 0 Å². The molecule has 3 heterocycles. The number of anilines is 3. The summed E-state index contributed by atoms with van der Waals surface area (Å²) in [5.41, 5.74) is 34.0. The fourth-order valence-corrected chi connectivity index (χ4v) is 17.7. The Morgan fingerprint density at radius 1 is 0.206 bits per heavy atom. The summed E-state index contributed by atoms with van der Waals surface area (Å²) >= 11 is 0. The predicted octanol–water partition coefficient (Wildman–Crippen LogP) is 24.7. The van der Waals surface area contributed by atoms with Gasteiger partial charge in [0.05, 0.1) is 33.1 Å². The largest absolute Gasteiger partial charge is 0.310 e. The second kappa shape index (κ2) is 20.2. The quantitative estimate of drug-likeness (QED) is 0.148. The molecule has 4 heteroatoms. The minimum Gasteiger partial charge on any atom is -0.310 e. The smallest absolute Gasteiger partial charge is 0.0547 e. The van der Waals surface area contributed by atoms with Gasteiger partial charge in [-0.05, 0) is 216 Å². The average molecular weight is 1240 g/mol. The van der Waals surface area contributed by atoms with E-state index in [2.05, 4.69) is 363 Å². The van der Waals surface area contributed by atoms with Crippen molar-refractivity contribution < 1.29 is 0 Å². The molecule has 20 rings (SSSR count). The van der Waals surface area contributed by atoms with Gasteiger partial charge in [-0.15, -0.1) is 0 Å². The Bertz CT molecular complexity index is 6170. The van der Waals surface area contributed by atoms with E-state index in [1.165, 1.54) is 166 Å². The zero-order chi connectivity index (χ0) is 64.8. The molecular formula is C93H68N4. The van der Waals surface area contributed by atoms with Crippen molar-refractivity contribution in [1.82, 2.24) is 13.7 Å². The second-order valence-electron chi connectivity index (χ2n) is 28.9. The average Bonchev–Trinajstić information content (AvgIpc) is 1.59. The van der Waals surface area contributed by atoms with Crippen molar-refractivity contribution in [2.45, 2.75) is 57.8 Å². The molecule has 0 amide bonds. The minimum absolute atomic E-state index is 0.298. The van der Waals surface area contributed by atoms with Crippen molar-refractivity contribution in [3.05, 3.63) is 337 Å². The Labute approximate surface area is 564 Å². The molecule has 14 aromatic carbocycles. The van der Waals surface area contributed by atoms with E-state index in [-0.39, 0.29) is 16.2 Å². The van der Waals surface area contributed by atoms with Crippen LogP contribution in [0, 0.1) is 0 Å². The van der Waals surface area contributed by atoms with Crippen molar-refractivity contribution >= 4 is 82.5 Å².